The summed E-state index contributed by atoms with van der Waals surface area (Å²) >= 11 is 5.89. The summed E-state index contributed by atoms with van der Waals surface area (Å²) in [6.45, 7) is 3.65. The second kappa shape index (κ2) is 9.85. The third-order valence-electron chi connectivity index (χ3n) is 3.85. The van der Waals surface area contributed by atoms with E-state index in [1.54, 1.807) is 18.2 Å². The van der Waals surface area contributed by atoms with Crippen molar-refractivity contribution in [3.63, 3.8) is 0 Å². The van der Waals surface area contributed by atoms with Crippen LogP contribution in [0.15, 0.2) is 58.0 Å². The molecule has 0 atom stereocenters. The number of hydrogen-bond acceptors (Lipinski definition) is 4. The fourth-order valence-corrected chi connectivity index (χ4v) is 2.63. The molecule has 6 nitrogen and oxygen atoms in total. The number of aromatic nitrogens is 2. The van der Waals surface area contributed by atoms with Gasteiger partial charge in [0.05, 0.1) is 6.54 Å². The van der Waals surface area contributed by atoms with Crippen LogP contribution in [0, 0.1) is 5.82 Å². The van der Waals surface area contributed by atoms with Crippen molar-refractivity contribution in [2.24, 2.45) is 4.99 Å². The molecule has 3 rings (SSSR count). The summed E-state index contributed by atoms with van der Waals surface area (Å²) < 4.78 is 18.6. The minimum atomic E-state index is -0.265. The summed E-state index contributed by atoms with van der Waals surface area (Å²) in [5.41, 5.74) is 1.65. The largest absolute Gasteiger partial charge is 0.357 e. The number of guanidine groups is 1. The average Bonchev–Trinajstić information content (AvgIpc) is 3.15. The number of benzene rings is 2. The lowest BCUT2D eigenvalue weighted by Gasteiger charge is -2.10. The van der Waals surface area contributed by atoms with Crippen LogP contribution in [0.2, 0.25) is 5.02 Å². The zero-order valence-electron chi connectivity index (χ0n) is 15.5. The van der Waals surface area contributed by atoms with Gasteiger partial charge in [0.15, 0.2) is 5.96 Å². The predicted octanol–water partition coefficient (Wildman–Crippen LogP) is 3.83. The molecule has 3 aromatic rings. The van der Waals surface area contributed by atoms with Crippen LogP contribution in [0.3, 0.4) is 0 Å². The highest BCUT2D eigenvalue weighted by molar-refractivity contribution is 6.30. The van der Waals surface area contributed by atoms with E-state index in [4.69, 9.17) is 16.1 Å². The third-order valence-corrected chi connectivity index (χ3v) is 4.11. The maximum atomic E-state index is 13.3. The Morgan fingerprint density at radius 2 is 2.00 bits per heavy atom. The van der Waals surface area contributed by atoms with Crippen LogP contribution in [0.1, 0.15) is 18.4 Å². The SMILES string of the molecule is CCNC(=NCc1cccc(F)c1)NCCc1nc(-c2ccc(Cl)cc2)no1. The van der Waals surface area contributed by atoms with Gasteiger partial charge in [-0.1, -0.05) is 28.9 Å². The van der Waals surface area contributed by atoms with Crippen molar-refractivity contribution in [2.45, 2.75) is 19.9 Å². The molecule has 2 N–H and O–H groups in total. The first-order valence-corrected chi connectivity index (χ1v) is 9.37. The van der Waals surface area contributed by atoms with Crippen molar-refractivity contribution in [2.75, 3.05) is 13.1 Å². The molecular weight excluding hydrogens is 381 g/mol. The molecule has 0 unspecified atom stereocenters. The van der Waals surface area contributed by atoms with Crippen molar-refractivity contribution in [3.8, 4) is 11.4 Å². The molecule has 0 fully saturated rings. The van der Waals surface area contributed by atoms with E-state index >= 15 is 0 Å². The van der Waals surface area contributed by atoms with Crippen LogP contribution < -0.4 is 10.6 Å². The highest BCUT2D eigenvalue weighted by Gasteiger charge is 2.09. The highest BCUT2D eigenvalue weighted by atomic mass is 35.5. The first-order chi connectivity index (χ1) is 13.6. The van der Waals surface area contributed by atoms with Crippen LogP contribution in [-0.4, -0.2) is 29.2 Å². The van der Waals surface area contributed by atoms with Crippen LogP contribution in [0.25, 0.3) is 11.4 Å². The van der Waals surface area contributed by atoms with Crippen molar-refractivity contribution in [3.05, 3.63) is 70.8 Å². The van der Waals surface area contributed by atoms with E-state index in [9.17, 15) is 4.39 Å². The standard InChI is InChI=1S/C20H21ClFN5O/c1-2-23-20(25-13-14-4-3-5-17(22)12-14)24-11-10-18-26-19(27-28-18)15-6-8-16(21)9-7-15/h3-9,12H,2,10-11,13H2,1H3,(H2,23,24,25). The lowest BCUT2D eigenvalue weighted by atomic mass is 10.2. The molecule has 0 bridgehead atoms. The van der Waals surface area contributed by atoms with Gasteiger partial charge in [0.2, 0.25) is 11.7 Å². The summed E-state index contributed by atoms with van der Waals surface area (Å²) in [6, 6.07) is 13.7. The number of nitrogens with zero attached hydrogens (tertiary/aromatic N) is 3. The fourth-order valence-electron chi connectivity index (χ4n) is 2.51. The quantitative estimate of drug-likeness (QED) is 0.465. The van der Waals surface area contributed by atoms with E-state index < -0.39 is 0 Å². The fraction of sp³-hybridized carbons (Fsp3) is 0.250. The molecule has 0 saturated heterocycles. The van der Waals surface area contributed by atoms with Gasteiger partial charge in [0.25, 0.3) is 0 Å². The number of nitrogens with one attached hydrogen (secondary N) is 2. The number of rotatable bonds is 7. The van der Waals surface area contributed by atoms with Gasteiger partial charge in [0, 0.05) is 30.1 Å². The van der Waals surface area contributed by atoms with Gasteiger partial charge in [-0.2, -0.15) is 4.98 Å². The summed E-state index contributed by atoms with van der Waals surface area (Å²) in [5.74, 6) is 1.43. The predicted molar refractivity (Wildman–Crippen MR) is 108 cm³/mol. The van der Waals surface area contributed by atoms with E-state index in [0.29, 0.717) is 42.2 Å². The molecule has 0 amide bonds. The molecule has 0 aliphatic carbocycles. The molecule has 0 saturated carbocycles. The second-order valence-electron chi connectivity index (χ2n) is 6.02. The molecule has 28 heavy (non-hydrogen) atoms. The molecule has 8 heteroatoms. The summed E-state index contributed by atoms with van der Waals surface area (Å²) in [4.78, 5) is 8.86. The van der Waals surface area contributed by atoms with E-state index in [1.165, 1.54) is 12.1 Å². The lowest BCUT2D eigenvalue weighted by molar-refractivity contribution is 0.378. The Balaban J connectivity index is 1.54. The molecular formula is C20H21ClFN5O. The second-order valence-corrected chi connectivity index (χ2v) is 6.46. The molecule has 1 aromatic heterocycles. The van der Waals surface area contributed by atoms with Gasteiger partial charge >= 0.3 is 0 Å². The van der Waals surface area contributed by atoms with Gasteiger partial charge < -0.3 is 15.2 Å². The van der Waals surface area contributed by atoms with Gasteiger partial charge in [-0.3, -0.25) is 0 Å². The summed E-state index contributed by atoms with van der Waals surface area (Å²) in [7, 11) is 0. The molecule has 146 valence electrons. The summed E-state index contributed by atoms with van der Waals surface area (Å²) in [5, 5.41) is 11.0. The van der Waals surface area contributed by atoms with Crippen LogP contribution in [0.5, 0.6) is 0 Å². The normalized spacial score (nSPS) is 11.5. The van der Waals surface area contributed by atoms with E-state index in [0.717, 1.165) is 17.7 Å². The van der Waals surface area contributed by atoms with Crippen molar-refractivity contribution in [1.29, 1.82) is 0 Å². The maximum Gasteiger partial charge on any atom is 0.228 e. The van der Waals surface area contributed by atoms with E-state index in [-0.39, 0.29) is 5.82 Å². The van der Waals surface area contributed by atoms with Crippen LogP contribution in [0.4, 0.5) is 4.39 Å². The maximum absolute atomic E-state index is 13.3. The first kappa shape index (κ1) is 19.8. The van der Waals surface area contributed by atoms with Crippen LogP contribution >= 0.6 is 11.6 Å². The van der Waals surface area contributed by atoms with Gasteiger partial charge in [-0.05, 0) is 48.9 Å². The molecule has 0 aliphatic heterocycles. The Morgan fingerprint density at radius 1 is 1.18 bits per heavy atom. The van der Waals surface area contributed by atoms with Crippen molar-refractivity contribution in [1.82, 2.24) is 20.8 Å². The number of halogens is 2. The van der Waals surface area contributed by atoms with E-state index in [1.807, 2.05) is 25.1 Å². The number of aliphatic imine (C=N–C) groups is 1. The zero-order chi connectivity index (χ0) is 19.8. The van der Waals surface area contributed by atoms with Gasteiger partial charge in [0.1, 0.15) is 5.82 Å². The summed E-state index contributed by atoms with van der Waals surface area (Å²) in [6.07, 6.45) is 0.547. The van der Waals surface area contributed by atoms with Gasteiger partial charge in [-0.25, -0.2) is 9.38 Å². The zero-order valence-corrected chi connectivity index (χ0v) is 16.2. The average molecular weight is 402 g/mol. The smallest absolute Gasteiger partial charge is 0.228 e. The first-order valence-electron chi connectivity index (χ1n) is 8.99. The Kier molecular flexibility index (Phi) is 6.97. The third kappa shape index (κ3) is 5.79. The Labute approximate surface area is 167 Å². The van der Waals surface area contributed by atoms with Crippen molar-refractivity contribution >= 4 is 17.6 Å². The molecule has 0 radical (unpaired) electrons. The number of hydrogen-bond donors (Lipinski definition) is 2. The Hall–Kier alpha value is -2.93. The van der Waals surface area contributed by atoms with Gasteiger partial charge in [-0.15, -0.1) is 0 Å². The lowest BCUT2D eigenvalue weighted by Crippen LogP contribution is -2.38. The monoisotopic (exact) mass is 401 g/mol. The van der Waals surface area contributed by atoms with E-state index in [2.05, 4.69) is 25.8 Å². The minimum Gasteiger partial charge on any atom is -0.357 e. The highest BCUT2D eigenvalue weighted by Crippen LogP contribution is 2.18. The van der Waals surface area contributed by atoms with Crippen molar-refractivity contribution < 1.29 is 8.91 Å². The Bertz CT molecular complexity index is 926. The molecule has 0 aliphatic rings. The topological polar surface area (TPSA) is 75.3 Å². The molecule has 2 aromatic carbocycles. The Morgan fingerprint density at radius 3 is 2.75 bits per heavy atom. The molecule has 1 heterocycles. The minimum absolute atomic E-state index is 0.265. The van der Waals surface area contributed by atoms with Crippen LogP contribution in [-0.2, 0) is 13.0 Å². The molecule has 0 spiro atoms.